The Kier molecular flexibility index (Phi) is 6.64. The van der Waals surface area contributed by atoms with E-state index in [0.29, 0.717) is 24.7 Å². The Morgan fingerprint density at radius 3 is 2.32 bits per heavy atom. The fraction of sp³-hybridized carbons (Fsp3) is 0.667. The van der Waals surface area contributed by atoms with Crippen LogP contribution in [0.4, 0.5) is 16.3 Å². The largest absolute Gasteiger partial charge is 0.443 e. The zero-order chi connectivity index (χ0) is 19.5. The minimum Gasteiger partial charge on any atom is -0.443 e. The lowest BCUT2D eigenvalue weighted by Gasteiger charge is -2.36. The van der Waals surface area contributed by atoms with Gasteiger partial charge in [-0.25, -0.2) is 9.78 Å². The molecule has 0 aromatic carbocycles. The number of pyridine rings is 1. The van der Waals surface area contributed by atoms with Crippen LogP contribution in [0, 0.1) is 0 Å². The molecule has 1 aromatic heterocycles. The Hall–Kier alpha value is -1.60. The van der Waals surface area contributed by atoms with Crippen LogP contribution in [-0.4, -0.2) is 38.1 Å². The van der Waals surface area contributed by atoms with Gasteiger partial charge in [-0.05, 0) is 45.0 Å². The van der Waals surface area contributed by atoms with E-state index in [1.165, 1.54) is 4.90 Å². The number of hydrogen-bond donors (Lipinski definition) is 1. The molecule has 0 saturated heterocycles. The smallest absolute Gasteiger partial charge is 0.416 e. The Morgan fingerprint density at radius 1 is 1.24 bits per heavy atom. The Bertz CT molecular complexity index is 592. The topological polar surface area (TPSA) is 77.7 Å². The zero-order valence-corrected chi connectivity index (χ0v) is 17.8. The molecule has 0 aliphatic rings. The summed E-state index contributed by atoms with van der Waals surface area (Å²) in [6.07, 6.45) is 1.13. The molecule has 6 nitrogen and oxygen atoms in total. The number of rotatable bonds is 5. The standard InChI is InChI=1S/C18H33N3O3Si/c1-17(2,3)24-16(22)21(15-13-14(19)9-10-20-15)11-12-23-25(7,8)18(4,5)6/h9-10,13H,11-12H2,1-8H3,(H2,19,20). The molecular formula is C18H33N3O3Si. The number of amides is 1. The average molecular weight is 368 g/mol. The SMILES string of the molecule is CC(C)(C)OC(=O)N(CCO[Si](C)(C)C(C)(C)C)c1cc(N)ccn1. The van der Waals surface area contributed by atoms with Crippen LogP contribution in [0.2, 0.25) is 18.1 Å². The van der Waals surface area contributed by atoms with E-state index in [9.17, 15) is 4.79 Å². The average Bonchev–Trinajstić information content (AvgIpc) is 2.40. The Balaban J connectivity index is 2.91. The second kappa shape index (κ2) is 7.74. The van der Waals surface area contributed by atoms with Crippen LogP contribution >= 0.6 is 0 Å². The van der Waals surface area contributed by atoms with Crippen LogP contribution in [0.1, 0.15) is 41.5 Å². The minimum absolute atomic E-state index is 0.110. The van der Waals surface area contributed by atoms with Gasteiger partial charge in [-0.1, -0.05) is 20.8 Å². The van der Waals surface area contributed by atoms with Gasteiger partial charge in [-0.15, -0.1) is 0 Å². The van der Waals surface area contributed by atoms with Crippen LogP contribution in [0.3, 0.4) is 0 Å². The van der Waals surface area contributed by atoms with E-state index in [2.05, 4.69) is 38.8 Å². The maximum atomic E-state index is 12.6. The number of carbonyl (C=O) groups excluding carboxylic acids is 1. The first-order valence-corrected chi connectivity index (χ1v) is 11.5. The van der Waals surface area contributed by atoms with Crippen molar-refractivity contribution in [1.29, 1.82) is 0 Å². The number of nitrogens with two attached hydrogens (primary N) is 1. The summed E-state index contributed by atoms with van der Waals surface area (Å²) in [5.41, 5.74) is 5.79. The summed E-state index contributed by atoms with van der Waals surface area (Å²) in [4.78, 5) is 18.3. The number of carbonyl (C=O) groups is 1. The van der Waals surface area contributed by atoms with Crippen molar-refractivity contribution in [3.05, 3.63) is 18.3 Å². The third-order valence-electron chi connectivity index (χ3n) is 4.24. The molecule has 1 amide bonds. The van der Waals surface area contributed by atoms with Gasteiger partial charge in [0, 0.05) is 18.0 Å². The molecule has 0 saturated carbocycles. The lowest BCUT2D eigenvalue weighted by atomic mass is 10.2. The van der Waals surface area contributed by atoms with Crippen molar-refractivity contribution in [2.75, 3.05) is 23.8 Å². The summed E-state index contributed by atoms with van der Waals surface area (Å²) in [5, 5.41) is 0.110. The van der Waals surface area contributed by atoms with Crippen LogP contribution < -0.4 is 10.6 Å². The van der Waals surface area contributed by atoms with E-state index in [1.54, 1.807) is 18.3 Å². The molecule has 1 rings (SSSR count). The van der Waals surface area contributed by atoms with Crippen molar-refractivity contribution in [3.63, 3.8) is 0 Å². The molecule has 0 aliphatic heterocycles. The molecule has 0 fully saturated rings. The molecule has 0 bridgehead atoms. The Morgan fingerprint density at radius 2 is 1.84 bits per heavy atom. The molecule has 1 heterocycles. The second-order valence-electron chi connectivity index (χ2n) is 8.69. The van der Waals surface area contributed by atoms with Gasteiger partial charge in [0.05, 0.1) is 13.2 Å². The summed E-state index contributed by atoms with van der Waals surface area (Å²) in [6, 6.07) is 3.35. The molecule has 0 spiro atoms. The zero-order valence-electron chi connectivity index (χ0n) is 16.8. The van der Waals surface area contributed by atoms with Gasteiger partial charge < -0.3 is 14.9 Å². The molecule has 1 aromatic rings. The predicted molar refractivity (Wildman–Crippen MR) is 105 cm³/mol. The summed E-state index contributed by atoms with van der Waals surface area (Å²) in [5.74, 6) is 0.466. The molecule has 0 radical (unpaired) electrons. The summed E-state index contributed by atoms with van der Waals surface area (Å²) < 4.78 is 11.7. The number of hydrogen-bond acceptors (Lipinski definition) is 5. The second-order valence-corrected chi connectivity index (χ2v) is 13.5. The van der Waals surface area contributed by atoms with Crippen molar-refractivity contribution in [1.82, 2.24) is 4.98 Å². The maximum absolute atomic E-state index is 12.6. The van der Waals surface area contributed by atoms with Gasteiger partial charge >= 0.3 is 6.09 Å². The molecule has 0 unspecified atom stereocenters. The monoisotopic (exact) mass is 367 g/mol. The molecule has 0 atom stereocenters. The lowest BCUT2D eigenvalue weighted by Crippen LogP contribution is -2.44. The van der Waals surface area contributed by atoms with Crippen LogP contribution in [0.5, 0.6) is 0 Å². The van der Waals surface area contributed by atoms with Crippen molar-refractivity contribution < 1.29 is 14.0 Å². The first kappa shape index (κ1) is 21.4. The van der Waals surface area contributed by atoms with E-state index in [-0.39, 0.29) is 5.04 Å². The van der Waals surface area contributed by atoms with E-state index in [0.717, 1.165) is 0 Å². The Labute approximate surface area is 152 Å². The number of nitrogen functional groups attached to an aromatic ring is 1. The normalized spacial score (nSPS) is 12.8. The highest BCUT2D eigenvalue weighted by Crippen LogP contribution is 2.36. The number of nitrogens with zero attached hydrogens (tertiary/aromatic N) is 2. The maximum Gasteiger partial charge on any atom is 0.416 e. The summed E-state index contributed by atoms with van der Waals surface area (Å²) in [6.45, 7) is 17.2. The molecule has 7 heteroatoms. The van der Waals surface area contributed by atoms with Crippen LogP contribution in [0.15, 0.2) is 18.3 Å². The van der Waals surface area contributed by atoms with Crippen molar-refractivity contribution in [2.24, 2.45) is 0 Å². The molecular weight excluding hydrogens is 334 g/mol. The van der Waals surface area contributed by atoms with Gasteiger partial charge in [0.2, 0.25) is 0 Å². The molecule has 0 aliphatic carbocycles. The van der Waals surface area contributed by atoms with E-state index < -0.39 is 20.0 Å². The number of ether oxygens (including phenoxy) is 1. The molecule has 25 heavy (non-hydrogen) atoms. The number of anilines is 2. The molecule has 142 valence electrons. The summed E-state index contributed by atoms with van der Waals surface area (Å²) >= 11 is 0. The number of aromatic nitrogens is 1. The van der Waals surface area contributed by atoms with Crippen molar-refractivity contribution in [3.8, 4) is 0 Å². The van der Waals surface area contributed by atoms with Gasteiger partial charge in [-0.2, -0.15) is 0 Å². The third kappa shape index (κ3) is 6.66. The first-order valence-electron chi connectivity index (χ1n) is 8.59. The fourth-order valence-corrected chi connectivity index (χ4v) is 2.84. The van der Waals surface area contributed by atoms with Gasteiger partial charge in [-0.3, -0.25) is 4.90 Å². The van der Waals surface area contributed by atoms with Crippen molar-refractivity contribution >= 4 is 25.9 Å². The van der Waals surface area contributed by atoms with Gasteiger partial charge in [0.15, 0.2) is 8.32 Å². The van der Waals surface area contributed by atoms with E-state index in [4.69, 9.17) is 14.9 Å². The van der Waals surface area contributed by atoms with Crippen molar-refractivity contribution in [2.45, 2.75) is 65.3 Å². The highest BCUT2D eigenvalue weighted by molar-refractivity contribution is 6.74. The van der Waals surface area contributed by atoms with Crippen LogP contribution in [-0.2, 0) is 9.16 Å². The first-order chi connectivity index (χ1) is 11.2. The van der Waals surface area contributed by atoms with Gasteiger partial charge in [0.1, 0.15) is 11.4 Å². The van der Waals surface area contributed by atoms with E-state index >= 15 is 0 Å². The highest BCUT2D eigenvalue weighted by Gasteiger charge is 2.37. The minimum atomic E-state index is -1.89. The molecule has 2 N–H and O–H groups in total. The summed E-state index contributed by atoms with van der Waals surface area (Å²) in [7, 11) is -1.89. The highest BCUT2D eigenvalue weighted by atomic mass is 28.4. The lowest BCUT2D eigenvalue weighted by molar-refractivity contribution is 0.0573. The fourth-order valence-electron chi connectivity index (χ4n) is 1.81. The van der Waals surface area contributed by atoms with Gasteiger partial charge in [0.25, 0.3) is 0 Å². The van der Waals surface area contributed by atoms with Crippen LogP contribution in [0.25, 0.3) is 0 Å². The van der Waals surface area contributed by atoms with E-state index in [1.807, 2.05) is 20.8 Å². The predicted octanol–water partition coefficient (Wildman–Crippen LogP) is 4.43. The third-order valence-corrected chi connectivity index (χ3v) is 8.78. The quantitative estimate of drug-likeness (QED) is 0.779.